The molecule has 0 aliphatic carbocycles. The standard InChI is InChI=1S/C16H28N2O3/c1-2-3-13-4-8-17(9-5-13)16(21)18-10-6-14(7-11-18)12-15(19)20/h13-14H,2-12H2,1H3,(H,19,20). The van der Waals surface area contributed by atoms with Crippen LogP contribution in [0.25, 0.3) is 0 Å². The van der Waals surface area contributed by atoms with Gasteiger partial charge in [0.1, 0.15) is 0 Å². The summed E-state index contributed by atoms with van der Waals surface area (Å²) >= 11 is 0. The van der Waals surface area contributed by atoms with Gasteiger partial charge in [-0.1, -0.05) is 19.8 Å². The van der Waals surface area contributed by atoms with Gasteiger partial charge in [-0.15, -0.1) is 0 Å². The molecule has 0 atom stereocenters. The summed E-state index contributed by atoms with van der Waals surface area (Å²) in [7, 11) is 0. The second kappa shape index (κ2) is 7.66. The van der Waals surface area contributed by atoms with E-state index in [1.165, 1.54) is 12.8 Å². The minimum atomic E-state index is -0.724. The fourth-order valence-electron chi connectivity index (χ4n) is 3.60. The van der Waals surface area contributed by atoms with Gasteiger partial charge >= 0.3 is 12.0 Å². The highest BCUT2D eigenvalue weighted by Crippen LogP contribution is 2.25. The summed E-state index contributed by atoms with van der Waals surface area (Å²) in [5, 5.41) is 8.82. The lowest BCUT2D eigenvalue weighted by atomic mass is 9.92. The smallest absolute Gasteiger partial charge is 0.319 e. The van der Waals surface area contributed by atoms with Crippen molar-refractivity contribution in [3.8, 4) is 0 Å². The van der Waals surface area contributed by atoms with E-state index in [1.807, 2.05) is 9.80 Å². The molecule has 2 rings (SSSR count). The van der Waals surface area contributed by atoms with E-state index in [2.05, 4.69) is 6.92 Å². The van der Waals surface area contributed by atoms with E-state index in [-0.39, 0.29) is 18.4 Å². The maximum Gasteiger partial charge on any atom is 0.319 e. The lowest BCUT2D eigenvalue weighted by molar-refractivity contribution is -0.138. The number of hydrogen-bond donors (Lipinski definition) is 1. The molecule has 2 saturated heterocycles. The number of likely N-dealkylation sites (tertiary alicyclic amines) is 2. The lowest BCUT2D eigenvalue weighted by Gasteiger charge is -2.38. The van der Waals surface area contributed by atoms with Crippen molar-refractivity contribution in [2.75, 3.05) is 26.2 Å². The molecule has 0 saturated carbocycles. The highest BCUT2D eigenvalue weighted by Gasteiger charge is 2.29. The van der Waals surface area contributed by atoms with Crippen molar-refractivity contribution in [2.24, 2.45) is 11.8 Å². The number of carboxylic acid groups (broad SMARTS) is 1. The highest BCUT2D eigenvalue weighted by molar-refractivity contribution is 5.74. The number of carbonyl (C=O) groups excluding carboxylic acids is 1. The molecule has 0 bridgehead atoms. The predicted octanol–water partition coefficient (Wildman–Crippen LogP) is 2.81. The Kier molecular flexibility index (Phi) is 5.88. The Morgan fingerprint density at radius 2 is 1.43 bits per heavy atom. The quantitative estimate of drug-likeness (QED) is 0.867. The van der Waals surface area contributed by atoms with E-state index < -0.39 is 5.97 Å². The zero-order valence-electron chi connectivity index (χ0n) is 13.1. The number of nitrogens with zero attached hydrogens (tertiary/aromatic N) is 2. The Hall–Kier alpha value is -1.26. The van der Waals surface area contributed by atoms with Crippen LogP contribution in [0, 0.1) is 11.8 Å². The van der Waals surface area contributed by atoms with Crippen LogP contribution in [0.1, 0.15) is 51.9 Å². The molecule has 0 radical (unpaired) electrons. The lowest BCUT2D eigenvalue weighted by Crippen LogP contribution is -2.49. The number of urea groups is 1. The Labute approximate surface area is 127 Å². The molecule has 2 aliphatic heterocycles. The monoisotopic (exact) mass is 296 g/mol. The fraction of sp³-hybridized carbons (Fsp3) is 0.875. The first-order chi connectivity index (χ1) is 10.1. The van der Waals surface area contributed by atoms with E-state index in [0.29, 0.717) is 13.1 Å². The van der Waals surface area contributed by atoms with Gasteiger partial charge in [0.05, 0.1) is 0 Å². The van der Waals surface area contributed by atoms with Crippen LogP contribution in [0.2, 0.25) is 0 Å². The number of carboxylic acids is 1. The maximum absolute atomic E-state index is 12.5. The van der Waals surface area contributed by atoms with Gasteiger partial charge in [0.15, 0.2) is 0 Å². The molecule has 0 aromatic carbocycles. The van der Waals surface area contributed by atoms with Gasteiger partial charge in [-0.25, -0.2) is 4.79 Å². The van der Waals surface area contributed by atoms with Crippen LogP contribution in [0.15, 0.2) is 0 Å². The molecule has 2 fully saturated rings. The van der Waals surface area contributed by atoms with E-state index in [9.17, 15) is 9.59 Å². The molecule has 2 heterocycles. The molecule has 0 unspecified atom stereocenters. The van der Waals surface area contributed by atoms with Gasteiger partial charge < -0.3 is 14.9 Å². The van der Waals surface area contributed by atoms with Crippen LogP contribution in [-0.4, -0.2) is 53.1 Å². The average molecular weight is 296 g/mol. The van der Waals surface area contributed by atoms with Gasteiger partial charge in [0.2, 0.25) is 0 Å². The van der Waals surface area contributed by atoms with Crippen molar-refractivity contribution < 1.29 is 14.7 Å². The second-order valence-electron chi connectivity index (χ2n) is 6.53. The summed E-state index contributed by atoms with van der Waals surface area (Å²) < 4.78 is 0. The summed E-state index contributed by atoms with van der Waals surface area (Å²) in [6.45, 7) is 5.42. The van der Waals surface area contributed by atoms with Crippen LogP contribution in [0.4, 0.5) is 4.79 Å². The largest absolute Gasteiger partial charge is 0.481 e. The molecule has 0 aromatic heterocycles. The molecule has 5 heteroatoms. The predicted molar refractivity (Wildman–Crippen MR) is 81.2 cm³/mol. The topological polar surface area (TPSA) is 60.9 Å². The summed E-state index contributed by atoms with van der Waals surface area (Å²) in [6.07, 6.45) is 6.67. The Bertz CT molecular complexity index is 357. The first kappa shape index (κ1) is 16.1. The molecule has 120 valence electrons. The first-order valence-corrected chi connectivity index (χ1v) is 8.35. The normalized spacial score (nSPS) is 21.6. The summed E-state index contributed by atoms with van der Waals surface area (Å²) in [6, 6.07) is 0.165. The minimum absolute atomic E-state index is 0.165. The van der Waals surface area contributed by atoms with Crippen molar-refractivity contribution in [1.29, 1.82) is 0 Å². The van der Waals surface area contributed by atoms with E-state index in [1.54, 1.807) is 0 Å². The van der Waals surface area contributed by atoms with Crippen molar-refractivity contribution in [2.45, 2.75) is 51.9 Å². The Balaban J connectivity index is 1.74. The number of aliphatic carboxylic acids is 1. The van der Waals surface area contributed by atoms with Gasteiger partial charge in [-0.05, 0) is 37.5 Å². The molecular formula is C16H28N2O3. The zero-order chi connectivity index (χ0) is 15.2. The molecule has 2 aliphatic rings. The zero-order valence-corrected chi connectivity index (χ0v) is 13.1. The van der Waals surface area contributed by atoms with Gasteiger partial charge in [0, 0.05) is 32.6 Å². The SMILES string of the molecule is CCCC1CCN(C(=O)N2CCC(CC(=O)O)CC2)CC1. The van der Waals surface area contributed by atoms with E-state index in [0.717, 1.165) is 44.7 Å². The van der Waals surface area contributed by atoms with Crippen molar-refractivity contribution >= 4 is 12.0 Å². The first-order valence-electron chi connectivity index (χ1n) is 8.35. The molecule has 0 spiro atoms. The molecule has 5 nitrogen and oxygen atoms in total. The van der Waals surface area contributed by atoms with Gasteiger partial charge in [0.25, 0.3) is 0 Å². The van der Waals surface area contributed by atoms with Crippen molar-refractivity contribution in [1.82, 2.24) is 9.80 Å². The van der Waals surface area contributed by atoms with Crippen LogP contribution < -0.4 is 0 Å². The second-order valence-corrected chi connectivity index (χ2v) is 6.53. The summed E-state index contributed by atoms with van der Waals surface area (Å²) in [4.78, 5) is 27.1. The average Bonchev–Trinajstić information content (AvgIpc) is 2.48. The summed E-state index contributed by atoms with van der Waals surface area (Å²) in [5.74, 6) is 0.306. The van der Waals surface area contributed by atoms with Gasteiger partial charge in [-0.3, -0.25) is 4.79 Å². The Morgan fingerprint density at radius 3 is 1.86 bits per heavy atom. The van der Waals surface area contributed by atoms with Crippen LogP contribution in [0.5, 0.6) is 0 Å². The molecule has 2 amide bonds. The van der Waals surface area contributed by atoms with E-state index >= 15 is 0 Å². The fourth-order valence-corrected chi connectivity index (χ4v) is 3.60. The maximum atomic E-state index is 12.5. The molecule has 21 heavy (non-hydrogen) atoms. The van der Waals surface area contributed by atoms with E-state index in [4.69, 9.17) is 5.11 Å². The van der Waals surface area contributed by atoms with Crippen molar-refractivity contribution in [3.63, 3.8) is 0 Å². The Morgan fingerprint density at radius 1 is 0.952 bits per heavy atom. The number of amides is 2. The van der Waals surface area contributed by atoms with Crippen LogP contribution >= 0.6 is 0 Å². The summed E-state index contributed by atoms with van der Waals surface area (Å²) in [5.41, 5.74) is 0. The van der Waals surface area contributed by atoms with Gasteiger partial charge in [-0.2, -0.15) is 0 Å². The third-order valence-electron chi connectivity index (χ3n) is 4.93. The highest BCUT2D eigenvalue weighted by atomic mass is 16.4. The van der Waals surface area contributed by atoms with Crippen LogP contribution in [0.3, 0.4) is 0 Å². The number of carbonyl (C=O) groups is 2. The third kappa shape index (κ3) is 4.61. The van der Waals surface area contributed by atoms with Crippen molar-refractivity contribution in [3.05, 3.63) is 0 Å². The van der Waals surface area contributed by atoms with Crippen LogP contribution in [-0.2, 0) is 4.79 Å². The molecule has 1 N–H and O–H groups in total. The number of piperidine rings is 2. The minimum Gasteiger partial charge on any atom is -0.481 e. The molecule has 0 aromatic rings. The number of hydrogen-bond acceptors (Lipinski definition) is 2. The third-order valence-corrected chi connectivity index (χ3v) is 4.93. The molecular weight excluding hydrogens is 268 g/mol. The number of rotatable bonds is 4.